The Labute approximate surface area is 97.3 Å². The van der Waals surface area contributed by atoms with Crippen LogP contribution < -0.4 is 11.1 Å². The van der Waals surface area contributed by atoms with Crippen molar-refractivity contribution in [3.8, 4) is 0 Å². The van der Waals surface area contributed by atoms with Gasteiger partial charge < -0.3 is 11.1 Å². The molecule has 0 fully saturated rings. The van der Waals surface area contributed by atoms with Crippen molar-refractivity contribution in [3.05, 3.63) is 23.5 Å². The van der Waals surface area contributed by atoms with Gasteiger partial charge in [0.1, 0.15) is 0 Å². The molecule has 0 aliphatic rings. The zero-order chi connectivity index (χ0) is 11.4. The maximum Gasteiger partial charge on any atom is 0.217 e. The maximum atomic E-state index is 10.5. The second kappa shape index (κ2) is 5.09. The Morgan fingerprint density at radius 3 is 3.25 bits per heavy atom. The summed E-state index contributed by atoms with van der Waals surface area (Å²) < 4.78 is 2.01. The van der Waals surface area contributed by atoms with Crippen molar-refractivity contribution in [1.82, 2.24) is 14.7 Å². The average Bonchev–Trinajstić information content (AvgIpc) is 2.76. The molecule has 6 heteroatoms. The van der Waals surface area contributed by atoms with Crippen molar-refractivity contribution in [2.45, 2.75) is 19.4 Å². The number of aromatic nitrogens is 2. The quantitative estimate of drug-likeness (QED) is 0.729. The number of nitrogens with zero attached hydrogens (tertiary/aromatic N) is 2. The first-order chi connectivity index (χ1) is 7.75. The molecule has 2 rings (SSSR count). The fraction of sp³-hybridized carbons (Fsp3) is 0.400. The van der Waals surface area contributed by atoms with Gasteiger partial charge in [0.25, 0.3) is 0 Å². The van der Waals surface area contributed by atoms with Gasteiger partial charge in [0.15, 0.2) is 4.96 Å². The lowest BCUT2D eigenvalue weighted by Crippen LogP contribution is -2.18. The third kappa shape index (κ3) is 2.80. The van der Waals surface area contributed by atoms with Gasteiger partial charge in [0, 0.05) is 30.7 Å². The highest BCUT2D eigenvalue weighted by molar-refractivity contribution is 7.15. The summed E-state index contributed by atoms with van der Waals surface area (Å²) in [7, 11) is 0. The van der Waals surface area contributed by atoms with E-state index in [1.165, 1.54) is 0 Å². The Morgan fingerprint density at radius 1 is 1.62 bits per heavy atom. The number of hydrogen-bond acceptors (Lipinski definition) is 4. The number of nitrogens with two attached hydrogens (primary N) is 1. The number of amides is 1. The second-order valence-corrected chi connectivity index (χ2v) is 4.44. The Morgan fingerprint density at radius 2 is 2.50 bits per heavy atom. The Kier molecular flexibility index (Phi) is 3.53. The largest absolute Gasteiger partial charge is 0.370 e. The van der Waals surface area contributed by atoms with E-state index in [1.54, 1.807) is 11.3 Å². The molecule has 0 radical (unpaired) electrons. The van der Waals surface area contributed by atoms with Crippen molar-refractivity contribution in [2.24, 2.45) is 5.73 Å². The van der Waals surface area contributed by atoms with Crippen LogP contribution in [0.4, 0.5) is 0 Å². The molecule has 0 aromatic carbocycles. The van der Waals surface area contributed by atoms with Crippen LogP contribution in [-0.2, 0) is 11.3 Å². The molecule has 0 aliphatic heterocycles. The number of carbonyl (C=O) groups is 1. The number of rotatable bonds is 6. The fourth-order valence-electron chi connectivity index (χ4n) is 1.47. The van der Waals surface area contributed by atoms with Crippen molar-refractivity contribution in [1.29, 1.82) is 0 Å². The summed E-state index contributed by atoms with van der Waals surface area (Å²) in [6.45, 7) is 1.52. The highest BCUT2D eigenvalue weighted by Gasteiger charge is 2.01. The van der Waals surface area contributed by atoms with Gasteiger partial charge in [-0.1, -0.05) is 0 Å². The minimum Gasteiger partial charge on any atom is -0.370 e. The van der Waals surface area contributed by atoms with Gasteiger partial charge >= 0.3 is 0 Å². The molecule has 2 aromatic heterocycles. The van der Waals surface area contributed by atoms with E-state index in [1.807, 2.05) is 22.2 Å². The topological polar surface area (TPSA) is 72.4 Å². The molecule has 2 aromatic rings. The molecular weight excluding hydrogens is 224 g/mol. The molecule has 0 aliphatic carbocycles. The smallest absolute Gasteiger partial charge is 0.217 e. The van der Waals surface area contributed by atoms with Crippen LogP contribution in [0.1, 0.15) is 18.5 Å². The number of nitrogens with one attached hydrogen (secondary N) is 1. The van der Waals surface area contributed by atoms with Gasteiger partial charge in [-0.3, -0.25) is 9.20 Å². The van der Waals surface area contributed by atoms with Gasteiger partial charge in [-0.2, -0.15) is 0 Å². The van der Waals surface area contributed by atoms with Crippen molar-refractivity contribution < 1.29 is 4.79 Å². The number of thiazole rings is 1. The van der Waals surface area contributed by atoms with E-state index < -0.39 is 0 Å². The van der Waals surface area contributed by atoms with Crippen LogP contribution in [0.2, 0.25) is 0 Å². The Balaban J connectivity index is 1.74. The van der Waals surface area contributed by atoms with E-state index in [0.717, 1.165) is 30.2 Å². The van der Waals surface area contributed by atoms with Crippen molar-refractivity contribution in [2.75, 3.05) is 6.54 Å². The zero-order valence-electron chi connectivity index (χ0n) is 8.85. The van der Waals surface area contributed by atoms with E-state index in [2.05, 4.69) is 10.3 Å². The molecule has 16 heavy (non-hydrogen) atoms. The molecule has 86 valence electrons. The highest BCUT2D eigenvalue weighted by atomic mass is 32.1. The Bertz CT molecular complexity index is 447. The number of hydrogen-bond donors (Lipinski definition) is 2. The summed E-state index contributed by atoms with van der Waals surface area (Å²) in [4.78, 5) is 15.9. The lowest BCUT2D eigenvalue weighted by molar-refractivity contribution is -0.118. The Hall–Kier alpha value is -1.40. The van der Waals surface area contributed by atoms with Gasteiger partial charge in [-0.15, -0.1) is 11.3 Å². The summed E-state index contributed by atoms with van der Waals surface area (Å²) in [5, 5.41) is 5.24. The van der Waals surface area contributed by atoms with E-state index in [4.69, 9.17) is 5.73 Å². The molecule has 0 unspecified atom stereocenters. The molecule has 5 nitrogen and oxygen atoms in total. The summed E-state index contributed by atoms with van der Waals surface area (Å²) in [6, 6.07) is 0. The minimum atomic E-state index is -0.246. The summed E-state index contributed by atoms with van der Waals surface area (Å²) in [6.07, 6.45) is 5.21. The van der Waals surface area contributed by atoms with E-state index in [-0.39, 0.29) is 5.91 Å². The normalized spacial score (nSPS) is 11.0. The monoisotopic (exact) mass is 238 g/mol. The lowest BCUT2D eigenvalue weighted by Gasteiger charge is -2.00. The van der Waals surface area contributed by atoms with Crippen molar-refractivity contribution in [3.63, 3.8) is 0 Å². The van der Waals surface area contributed by atoms with Crippen LogP contribution in [0.3, 0.4) is 0 Å². The molecule has 1 amide bonds. The zero-order valence-corrected chi connectivity index (χ0v) is 9.67. The third-order valence-electron chi connectivity index (χ3n) is 2.23. The van der Waals surface area contributed by atoms with E-state index >= 15 is 0 Å². The lowest BCUT2D eigenvalue weighted by atomic mass is 10.3. The predicted molar refractivity (Wildman–Crippen MR) is 63.2 cm³/mol. The van der Waals surface area contributed by atoms with Crippen LogP contribution in [0.5, 0.6) is 0 Å². The molecular formula is C10H14N4OS. The SMILES string of the molecule is NC(=O)CCCNCc1cn2ccsc2n1. The predicted octanol–water partition coefficient (Wildman–Crippen LogP) is 0.751. The first kappa shape index (κ1) is 11.1. The first-order valence-corrected chi connectivity index (χ1v) is 6.04. The molecule has 0 atom stereocenters. The van der Waals surface area contributed by atoms with Crippen LogP contribution in [0.15, 0.2) is 17.8 Å². The van der Waals surface area contributed by atoms with Gasteiger partial charge in [0.05, 0.1) is 5.69 Å². The van der Waals surface area contributed by atoms with Gasteiger partial charge in [-0.05, 0) is 13.0 Å². The molecule has 0 spiro atoms. The molecule has 0 saturated carbocycles. The minimum absolute atomic E-state index is 0.246. The number of primary amides is 1. The van der Waals surface area contributed by atoms with Gasteiger partial charge in [-0.25, -0.2) is 4.98 Å². The van der Waals surface area contributed by atoms with E-state index in [9.17, 15) is 4.79 Å². The maximum absolute atomic E-state index is 10.5. The van der Waals surface area contributed by atoms with Crippen LogP contribution >= 0.6 is 11.3 Å². The average molecular weight is 238 g/mol. The molecule has 3 N–H and O–H groups in total. The highest BCUT2D eigenvalue weighted by Crippen LogP contribution is 2.10. The number of carbonyl (C=O) groups excluding carboxylic acids is 1. The number of imidazole rings is 1. The summed E-state index contributed by atoms with van der Waals surface area (Å²) in [5.41, 5.74) is 6.06. The molecule has 0 saturated heterocycles. The summed E-state index contributed by atoms with van der Waals surface area (Å²) in [5.74, 6) is -0.246. The van der Waals surface area contributed by atoms with Crippen LogP contribution in [0.25, 0.3) is 4.96 Å². The molecule has 2 heterocycles. The fourth-order valence-corrected chi connectivity index (χ4v) is 2.18. The second-order valence-electron chi connectivity index (χ2n) is 3.57. The van der Waals surface area contributed by atoms with Crippen LogP contribution in [0, 0.1) is 0 Å². The summed E-state index contributed by atoms with van der Waals surface area (Å²) >= 11 is 1.62. The third-order valence-corrected chi connectivity index (χ3v) is 3.00. The van der Waals surface area contributed by atoms with Crippen LogP contribution in [-0.4, -0.2) is 21.8 Å². The first-order valence-electron chi connectivity index (χ1n) is 5.16. The van der Waals surface area contributed by atoms with E-state index in [0.29, 0.717) is 6.42 Å². The molecule has 0 bridgehead atoms. The standard InChI is InChI=1S/C10H14N4OS/c11-9(15)2-1-3-12-6-8-7-14-4-5-16-10(14)13-8/h4-5,7,12H,1-3,6H2,(H2,11,15). The van der Waals surface area contributed by atoms with Gasteiger partial charge in [0.2, 0.25) is 5.91 Å². The van der Waals surface area contributed by atoms with Crippen molar-refractivity contribution >= 4 is 22.2 Å². The number of fused-ring (bicyclic) bond motifs is 1.